The average molecular weight is 311 g/mol. The van der Waals surface area contributed by atoms with Crippen LogP contribution in [-0.2, 0) is 4.79 Å². The molecule has 2 nitrogen and oxygen atoms in total. The average Bonchev–Trinajstić information content (AvgIpc) is 2.25. The number of carboxylic acid groups (broad SMARTS) is 1. The summed E-state index contributed by atoms with van der Waals surface area (Å²) in [6, 6.07) is 0. The molecular weight excluding hydrogens is 285 g/mol. The Bertz CT molecular complexity index is 339. The molecule has 18 heavy (non-hydrogen) atoms. The van der Waals surface area contributed by atoms with E-state index in [2.05, 4.69) is 11.5 Å². The molecule has 4 rings (SSSR count). The van der Waals surface area contributed by atoms with Gasteiger partial charge in [-0.2, -0.15) is 0 Å². The van der Waals surface area contributed by atoms with E-state index >= 15 is 0 Å². The van der Waals surface area contributed by atoms with Gasteiger partial charge >= 0.3 is 113 Å². The molecule has 0 aromatic rings. The van der Waals surface area contributed by atoms with Crippen molar-refractivity contribution in [3.05, 3.63) is 0 Å². The van der Waals surface area contributed by atoms with E-state index in [1.165, 1.54) is 38.5 Å². The van der Waals surface area contributed by atoms with E-state index in [4.69, 9.17) is 0 Å². The Labute approximate surface area is 113 Å². The fraction of sp³-hybridized carbons (Fsp3) is 0.933. The molecule has 4 aliphatic carbocycles. The Morgan fingerprint density at radius 3 is 1.83 bits per heavy atom. The molecule has 0 saturated heterocycles. The summed E-state index contributed by atoms with van der Waals surface area (Å²) in [6.45, 7) is 2.00. The van der Waals surface area contributed by atoms with E-state index in [1.807, 2.05) is 6.92 Å². The van der Waals surface area contributed by atoms with Gasteiger partial charge in [0.1, 0.15) is 0 Å². The van der Waals surface area contributed by atoms with Gasteiger partial charge in [0, 0.05) is 0 Å². The van der Waals surface area contributed by atoms with Crippen LogP contribution in [0.15, 0.2) is 0 Å². The summed E-state index contributed by atoms with van der Waals surface area (Å²) in [5.74, 6) is 7.12. The number of hydrogen-bond acceptors (Lipinski definition) is 1. The first-order valence-electron chi connectivity index (χ1n) is 7.57. The van der Waals surface area contributed by atoms with Crippen LogP contribution in [0.1, 0.15) is 45.4 Å². The second kappa shape index (κ2) is 4.00. The maximum absolute atomic E-state index is 11.5. The summed E-state index contributed by atoms with van der Waals surface area (Å²) in [7, 11) is 0. The van der Waals surface area contributed by atoms with Crippen molar-refractivity contribution in [2.24, 2.45) is 17.8 Å². The molecule has 1 unspecified atom stereocenters. The molecule has 1 N–H and O–H groups in total. The summed E-state index contributed by atoms with van der Waals surface area (Å²) in [6.07, 6.45) is 8.51. The van der Waals surface area contributed by atoms with Crippen molar-refractivity contribution >= 4 is 19.2 Å². The Morgan fingerprint density at radius 1 is 1.11 bits per heavy atom. The van der Waals surface area contributed by atoms with Gasteiger partial charge in [-0.3, -0.25) is 0 Å². The fourth-order valence-corrected chi connectivity index (χ4v) is 14.0. The molecule has 0 aromatic heterocycles. The van der Waals surface area contributed by atoms with Gasteiger partial charge in [-0.25, -0.2) is 0 Å². The zero-order valence-electron chi connectivity index (χ0n) is 11.9. The van der Waals surface area contributed by atoms with E-state index in [0.29, 0.717) is 4.25 Å². The van der Waals surface area contributed by atoms with E-state index in [1.54, 1.807) is 0 Å². The van der Waals surface area contributed by atoms with Crippen LogP contribution < -0.4 is 0 Å². The Hall–Kier alpha value is 0.0129. The second-order valence-electron chi connectivity index (χ2n) is 7.98. The van der Waals surface area contributed by atoms with Gasteiger partial charge in [0.2, 0.25) is 0 Å². The molecule has 1 atom stereocenters. The molecule has 0 aromatic carbocycles. The van der Waals surface area contributed by atoms with Crippen LogP contribution in [0.3, 0.4) is 0 Å². The monoisotopic (exact) mass is 312 g/mol. The van der Waals surface area contributed by atoms with E-state index in [0.717, 1.165) is 17.8 Å². The van der Waals surface area contributed by atoms with Gasteiger partial charge in [0.25, 0.3) is 0 Å². The summed E-state index contributed by atoms with van der Waals surface area (Å²) < 4.78 is 0.466. The number of carbonyl (C=O) groups is 1. The van der Waals surface area contributed by atoms with Crippen molar-refractivity contribution in [2.45, 2.75) is 66.0 Å². The van der Waals surface area contributed by atoms with Gasteiger partial charge in [0.05, 0.1) is 0 Å². The third-order valence-corrected chi connectivity index (χ3v) is 18.9. The third-order valence-electron chi connectivity index (χ3n) is 6.86. The SMILES string of the molecule is C[CH](C(=O)O)[Ge]([CH3])([CH3])[C]12CC3CC(CC(C3)C1)C2. The summed E-state index contributed by atoms with van der Waals surface area (Å²) >= 11 is -2.30. The van der Waals surface area contributed by atoms with Crippen LogP contribution >= 0.6 is 0 Å². The topological polar surface area (TPSA) is 37.3 Å². The summed E-state index contributed by atoms with van der Waals surface area (Å²) in [4.78, 5) is 11.5. The van der Waals surface area contributed by atoms with Crippen molar-refractivity contribution in [1.29, 1.82) is 0 Å². The zero-order valence-corrected chi connectivity index (χ0v) is 14.0. The first kappa shape index (κ1) is 13.0. The quantitative estimate of drug-likeness (QED) is 0.795. The first-order chi connectivity index (χ1) is 8.34. The van der Waals surface area contributed by atoms with Gasteiger partial charge < -0.3 is 0 Å². The van der Waals surface area contributed by atoms with Crippen LogP contribution in [0.4, 0.5) is 0 Å². The summed E-state index contributed by atoms with van der Waals surface area (Å²) in [5, 5.41) is 9.47. The van der Waals surface area contributed by atoms with Crippen LogP contribution in [0.2, 0.25) is 20.5 Å². The molecule has 102 valence electrons. The normalized spacial score (nSPS) is 44.1. The number of rotatable bonds is 3. The molecular formula is C15H26GeO2. The molecule has 4 saturated carbocycles. The van der Waals surface area contributed by atoms with Gasteiger partial charge in [-0.1, -0.05) is 0 Å². The molecule has 0 amide bonds. The van der Waals surface area contributed by atoms with Crippen molar-refractivity contribution in [3.8, 4) is 0 Å². The van der Waals surface area contributed by atoms with Crippen LogP contribution in [0.25, 0.3) is 0 Å². The molecule has 4 bridgehead atoms. The predicted octanol–water partition coefficient (Wildman–Crippen LogP) is 4.14. The Kier molecular flexibility index (Phi) is 2.89. The Balaban J connectivity index is 1.93. The molecule has 3 heteroatoms. The predicted molar refractivity (Wildman–Crippen MR) is 75.4 cm³/mol. The molecule has 0 spiro atoms. The Morgan fingerprint density at radius 2 is 1.50 bits per heavy atom. The standard InChI is InChI=1S/C15H26GeO2/c1-10(14(17)18)16(2,3)15-7-11-4-12(8-15)6-13(5-11)9-15/h10-13H,4-9H2,1-3H3,(H,17,18). The molecule has 4 aliphatic rings. The second-order valence-corrected chi connectivity index (χ2v) is 19.2. The molecule has 0 heterocycles. The first-order valence-corrected chi connectivity index (χ1v) is 14.0. The minimum atomic E-state index is -2.30. The van der Waals surface area contributed by atoms with Crippen molar-refractivity contribution in [2.75, 3.05) is 0 Å². The van der Waals surface area contributed by atoms with Gasteiger partial charge in [-0.15, -0.1) is 0 Å². The van der Waals surface area contributed by atoms with E-state index in [-0.39, 0.29) is 4.75 Å². The van der Waals surface area contributed by atoms with E-state index < -0.39 is 19.2 Å². The number of aliphatic carboxylic acids is 1. The summed E-state index contributed by atoms with van der Waals surface area (Å²) in [5.41, 5.74) is 0. The van der Waals surface area contributed by atoms with Crippen molar-refractivity contribution in [3.63, 3.8) is 0 Å². The van der Waals surface area contributed by atoms with Crippen LogP contribution in [-0.4, -0.2) is 24.3 Å². The van der Waals surface area contributed by atoms with Gasteiger partial charge in [-0.05, 0) is 0 Å². The maximum atomic E-state index is 11.5. The molecule has 0 aliphatic heterocycles. The van der Waals surface area contributed by atoms with Crippen LogP contribution in [0, 0.1) is 17.8 Å². The number of hydrogen-bond donors (Lipinski definition) is 1. The van der Waals surface area contributed by atoms with E-state index in [9.17, 15) is 9.90 Å². The van der Waals surface area contributed by atoms with Crippen molar-refractivity contribution in [1.82, 2.24) is 0 Å². The third kappa shape index (κ3) is 1.70. The molecule has 4 fully saturated rings. The van der Waals surface area contributed by atoms with Crippen molar-refractivity contribution < 1.29 is 9.90 Å². The van der Waals surface area contributed by atoms with Crippen LogP contribution in [0.5, 0.6) is 0 Å². The molecule has 0 radical (unpaired) electrons. The minimum absolute atomic E-state index is 0.0405. The number of carboxylic acids is 1. The zero-order chi connectivity index (χ0) is 13.1. The van der Waals surface area contributed by atoms with Gasteiger partial charge in [0.15, 0.2) is 0 Å². The fourth-order valence-electron chi connectivity index (χ4n) is 5.67.